The maximum Gasteiger partial charge on any atom is 0.233 e. The number of aromatic nitrogens is 2. The van der Waals surface area contributed by atoms with Crippen molar-refractivity contribution in [1.82, 2.24) is 10.2 Å². The first kappa shape index (κ1) is 11.1. The van der Waals surface area contributed by atoms with Gasteiger partial charge in [-0.05, 0) is 12.8 Å². The minimum absolute atomic E-state index is 0.0532. The molecule has 0 unspecified atom stereocenters. The molecule has 1 aromatic rings. The van der Waals surface area contributed by atoms with E-state index in [9.17, 15) is 4.79 Å². The number of anilines is 1. The Kier molecular flexibility index (Phi) is 3.21. The minimum atomic E-state index is -0.497. The number of rotatable bonds is 3. The van der Waals surface area contributed by atoms with Crippen LogP contribution in [0.5, 0.6) is 0 Å². The van der Waals surface area contributed by atoms with E-state index in [0.29, 0.717) is 38.4 Å². The molecular formula is C10H16N4O2. The average molecular weight is 224 g/mol. The normalized spacial score (nSPS) is 19.3. The van der Waals surface area contributed by atoms with Crippen LogP contribution in [0.3, 0.4) is 0 Å². The van der Waals surface area contributed by atoms with Gasteiger partial charge in [0.15, 0.2) is 0 Å². The molecule has 2 rings (SSSR count). The van der Waals surface area contributed by atoms with Crippen LogP contribution in [0.25, 0.3) is 0 Å². The molecule has 1 aliphatic heterocycles. The maximum atomic E-state index is 12.1. The van der Waals surface area contributed by atoms with Crippen LogP contribution < -0.4 is 11.1 Å². The summed E-state index contributed by atoms with van der Waals surface area (Å²) in [5, 5.41) is 9.26. The standard InChI is InChI=1S/C10H16N4O2/c11-7-10(2-5-16-6-3-10)9(15)13-8-1-4-12-14-8/h1,4H,2-3,5-7,11H2,(H2,12,13,14,15). The van der Waals surface area contributed by atoms with Crippen molar-refractivity contribution in [3.05, 3.63) is 12.3 Å². The molecule has 6 nitrogen and oxygen atoms in total. The van der Waals surface area contributed by atoms with E-state index >= 15 is 0 Å². The zero-order valence-electron chi connectivity index (χ0n) is 9.03. The zero-order valence-corrected chi connectivity index (χ0v) is 9.03. The Labute approximate surface area is 93.5 Å². The third-order valence-electron chi connectivity index (χ3n) is 3.07. The number of nitrogens with zero attached hydrogens (tertiary/aromatic N) is 1. The maximum absolute atomic E-state index is 12.1. The van der Waals surface area contributed by atoms with Crippen molar-refractivity contribution in [2.24, 2.45) is 11.1 Å². The molecule has 0 atom stereocenters. The Morgan fingerprint density at radius 3 is 2.94 bits per heavy atom. The van der Waals surface area contributed by atoms with E-state index in [2.05, 4.69) is 15.5 Å². The van der Waals surface area contributed by atoms with E-state index in [1.165, 1.54) is 0 Å². The van der Waals surface area contributed by atoms with Gasteiger partial charge in [-0.15, -0.1) is 0 Å². The fourth-order valence-corrected chi connectivity index (χ4v) is 1.87. The van der Waals surface area contributed by atoms with Gasteiger partial charge >= 0.3 is 0 Å². The summed E-state index contributed by atoms with van der Waals surface area (Å²) in [6.45, 7) is 1.53. The highest BCUT2D eigenvalue weighted by molar-refractivity contribution is 5.94. The van der Waals surface area contributed by atoms with Gasteiger partial charge < -0.3 is 15.8 Å². The summed E-state index contributed by atoms with van der Waals surface area (Å²) in [6.07, 6.45) is 2.93. The van der Waals surface area contributed by atoms with Gasteiger partial charge in [-0.3, -0.25) is 9.89 Å². The number of carbonyl (C=O) groups excluding carboxylic acids is 1. The number of carbonyl (C=O) groups is 1. The molecule has 2 heterocycles. The van der Waals surface area contributed by atoms with Crippen LogP contribution in [-0.2, 0) is 9.53 Å². The van der Waals surface area contributed by atoms with Crippen molar-refractivity contribution in [2.45, 2.75) is 12.8 Å². The van der Waals surface area contributed by atoms with Crippen molar-refractivity contribution in [3.8, 4) is 0 Å². The first-order chi connectivity index (χ1) is 7.77. The zero-order chi connectivity index (χ0) is 11.4. The molecule has 1 saturated heterocycles. The topological polar surface area (TPSA) is 93.0 Å². The molecule has 0 bridgehead atoms. The molecule has 1 aromatic heterocycles. The van der Waals surface area contributed by atoms with Gasteiger partial charge in [-0.2, -0.15) is 5.10 Å². The van der Waals surface area contributed by atoms with Crippen LogP contribution in [-0.4, -0.2) is 35.9 Å². The lowest BCUT2D eigenvalue weighted by atomic mass is 9.79. The van der Waals surface area contributed by atoms with E-state index in [1.807, 2.05) is 0 Å². The van der Waals surface area contributed by atoms with Crippen LogP contribution in [0.15, 0.2) is 12.3 Å². The second kappa shape index (κ2) is 4.63. The largest absolute Gasteiger partial charge is 0.381 e. The molecule has 0 radical (unpaired) electrons. The van der Waals surface area contributed by atoms with E-state index < -0.39 is 5.41 Å². The quantitative estimate of drug-likeness (QED) is 0.679. The SMILES string of the molecule is NCC1(C(=O)Nc2ccn[nH]2)CCOCC1. The van der Waals surface area contributed by atoms with E-state index in [0.717, 1.165) is 0 Å². The van der Waals surface area contributed by atoms with Crippen LogP contribution in [0.1, 0.15) is 12.8 Å². The summed E-state index contributed by atoms with van der Waals surface area (Å²) in [6, 6.07) is 1.71. The smallest absolute Gasteiger partial charge is 0.233 e. The van der Waals surface area contributed by atoms with Crippen LogP contribution in [0, 0.1) is 5.41 Å². The number of aromatic amines is 1. The molecule has 4 N–H and O–H groups in total. The van der Waals surface area contributed by atoms with Crippen LogP contribution >= 0.6 is 0 Å². The van der Waals surface area contributed by atoms with Crippen molar-refractivity contribution < 1.29 is 9.53 Å². The van der Waals surface area contributed by atoms with Crippen molar-refractivity contribution in [2.75, 3.05) is 25.1 Å². The number of hydrogen-bond acceptors (Lipinski definition) is 4. The van der Waals surface area contributed by atoms with Crippen molar-refractivity contribution >= 4 is 11.7 Å². The molecule has 0 aromatic carbocycles. The summed E-state index contributed by atoms with van der Waals surface area (Å²) < 4.78 is 5.26. The summed E-state index contributed by atoms with van der Waals surface area (Å²) in [7, 11) is 0. The van der Waals surface area contributed by atoms with Gasteiger partial charge in [-0.25, -0.2) is 0 Å². The Bertz CT molecular complexity index is 344. The fraction of sp³-hybridized carbons (Fsp3) is 0.600. The lowest BCUT2D eigenvalue weighted by Crippen LogP contribution is -2.46. The predicted molar refractivity (Wildman–Crippen MR) is 58.8 cm³/mol. The number of nitrogens with two attached hydrogens (primary N) is 1. The number of nitrogens with one attached hydrogen (secondary N) is 2. The van der Waals surface area contributed by atoms with Gasteiger partial charge in [0.25, 0.3) is 0 Å². The Morgan fingerprint density at radius 1 is 1.62 bits per heavy atom. The molecule has 0 aliphatic carbocycles. The van der Waals surface area contributed by atoms with Crippen LogP contribution in [0.2, 0.25) is 0 Å². The summed E-state index contributed by atoms with van der Waals surface area (Å²) in [4.78, 5) is 12.1. The van der Waals surface area contributed by atoms with Crippen LogP contribution in [0.4, 0.5) is 5.82 Å². The van der Waals surface area contributed by atoms with Gasteiger partial charge in [0, 0.05) is 25.8 Å². The van der Waals surface area contributed by atoms with E-state index in [1.54, 1.807) is 12.3 Å². The highest BCUT2D eigenvalue weighted by Gasteiger charge is 2.38. The summed E-state index contributed by atoms with van der Waals surface area (Å²) >= 11 is 0. The molecule has 1 fully saturated rings. The molecule has 1 amide bonds. The molecule has 88 valence electrons. The second-order valence-electron chi connectivity index (χ2n) is 4.02. The number of hydrogen-bond donors (Lipinski definition) is 3. The average Bonchev–Trinajstić information content (AvgIpc) is 2.82. The molecular weight excluding hydrogens is 208 g/mol. The first-order valence-corrected chi connectivity index (χ1v) is 5.35. The van der Waals surface area contributed by atoms with Crippen molar-refractivity contribution in [1.29, 1.82) is 0 Å². The Morgan fingerprint density at radius 2 is 2.38 bits per heavy atom. The summed E-state index contributed by atoms with van der Waals surface area (Å²) in [5.74, 6) is 0.548. The monoisotopic (exact) mass is 224 g/mol. The molecule has 0 spiro atoms. The first-order valence-electron chi connectivity index (χ1n) is 5.35. The van der Waals surface area contributed by atoms with Gasteiger partial charge in [0.05, 0.1) is 11.6 Å². The highest BCUT2D eigenvalue weighted by Crippen LogP contribution is 2.30. The van der Waals surface area contributed by atoms with Gasteiger partial charge in [-0.1, -0.05) is 0 Å². The Balaban J connectivity index is 2.06. The fourth-order valence-electron chi connectivity index (χ4n) is 1.87. The number of H-pyrrole nitrogens is 1. The number of ether oxygens (including phenoxy) is 1. The third kappa shape index (κ3) is 2.07. The van der Waals surface area contributed by atoms with Crippen molar-refractivity contribution in [3.63, 3.8) is 0 Å². The molecule has 6 heteroatoms. The van der Waals surface area contributed by atoms with E-state index in [4.69, 9.17) is 10.5 Å². The molecule has 16 heavy (non-hydrogen) atoms. The number of amides is 1. The lowest BCUT2D eigenvalue weighted by molar-refractivity contribution is -0.130. The summed E-state index contributed by atoms with van der Waals surface area (Å²) in [5.41, 5.74) is 5.23. The third-order valence-corrected chi connectivity index (χ3v) is 3.07. The molecule has 1 aliphatic rings. The highest BCUT2D eigenvalue weighted by atomic mass is 16.5. The Hall–Kier alpha value is -1.40. The second-order valence-corrected chi connectivity index (χ2v) is 4.02. The van der Waals surface area contributed by atoms with Gasteiger partial charge in [0.1, 0.15) is 5.82 Å². The van der Waals surface area contributed by atoms with Gasteiger partial charge in [0.2, 0.25) is 5.91 Å². The lowest BCUT2D eigenvalue weighted by Gasteiger charge is -2.34. The van der Waals surface area contributed by atoms with E-state index in [-0.39, 0.29) is 5.91 Å². The minimum Gasteiger partial charge on any atom is -0.381 e. The predicted octanol–water partition coefficient (Wildman–Crippen LogP) is 0.104. The molecule has 0 saturated carbocycles.